The molecule has 23 heavy (non-hydrogen) atoms. The molecule has 1 aromatic carbocycles. The first-order chi connectivity index (χ1) is 11.2. The zero-order chi connectivity index (χ0) is 16.2. The molecule has 2 fully saturated rings. The number of hydrogen-bond acceptors (Lipinski definition) is 4. The molecule has 3 atom stereocenters. The molecule has 2 aliphatic carbocycles. The number of anilines is 1. The molecule has 2 N–H and O–H groups in total. The average Bonchev–Trinajstić information content (AvgIpc) is 3.17. The average molecular weight is 318 g/mol. The zero-order valence-corrected chi connectivity index (χ0v) is 13.9. The highest BCUT2D eigenvalue weighted by atomic mass is 16.5. The Labute approximate surface area is 137 Å². The largest absolute Gasteiger partial charge is 0.497 e. The number of benzene rings is 1. The van der Waals surface area contributed by atoms with Crippen LogP contribution in [0.4, 0.5) is 5.69 Å². The minimum absolute atomic E-state index is 0.00721. The van der Waals surface area contributed by atoms with E-state index >= 15 is 0 Å². The molecule has 0 radical (unpaired) electrons. The lowest BCUT2D eigenvalue weighted by atomic mass is 9.95. The van der Waals surface area contributed by atoms with E-state index in [9.17, 15) is 4.79 Å². The first kappa shape index (κ1) is 16.1. The normalized spacial score (nSPS) is 25.4. The van der Waals surface area contributed by atoms with Crippen molar-refractivity contribution in [3.63, 3.8) is 0 Å². The Hall–Kier alpha value is -1.75. The van der Waals surface area contributed by atoms with Gasteiger partial charge in [-0.15, -0.1) is 0 Å². The van der Waals surface area contributed by atoms with Gasteiger partial charge in [0.1, 0.15) is 11.5 Å². The summed E-state index contributed by atoms with van der Waals surface area (Å²) in [7, 11) is 3.20. The number of methoxy groups -OCH3 is 2. The van der Waals surface area contributed by atoms with E-state index in [2.05, 4.69) is 10.6 Å². The predicted octanol–water partition coefficient (Wildman–Crippen LogP) is 2.81. The summed E-state index contributed by atoms with van der Waals surface area (Å²) in [5.41, 5.74) is 0.650. The van der Waals surface area contributed by atoms with Crippen LogP contribution >= 0.6 is 0 Å². The number of hydrogen-bond donors (Lipinski definition) is 2. The second-order valence-corrected chi connectivity index (χ2v) is 6.60. The molecule has 2 bridgehead atoms. The van der Waals surface area contributed by atoms with Crippen molar-refractivity contribution in [2.45, 2.75) is 38.1 Å². The third kappa shape index (κ3) is 3.78. The van der Waals surface area contributed by atoms with Gasteiger partial charge < -0.3 is 20.1 Å². The summed E-state index contributed by atoms with van der Waals surface area (Å²) in [4.78, 5) is 12.2. The van der Waals surface area contributed by atoms with Gasteiger partial charge in [-0.05, 0) is 43.2 Å². The van der Waals surface area contributed by atoms with Gasteiger partial charge in [0.05, 0.1) is 19.9 Å². The van der Waals surface area contributed by atoms with E-state index in [1.165, 1.54) is 25.7 Å². The summed E-state index contributed by atoms with van der Waals surface area (Å²) in [5, 5.41) is 6.48. The van der Waals surface area contributed by atoms with Crippen LogP contribution in [-0.4, -0.2) is 32.7 Å². The van der Waals surface area contributed by atoms with Gasteiger partial charge in [0, 0.05) is 25.1 Å². The zero-order valence-electron chi connectivity index (χ0n) is 13.9. The van der Waals surface area contributed by atoms with Crippen LogP contribution in [-0.2, 0) is 4.79 Å². The standard InChI is InChI=1S/C18H26N2O3/c1-22-14-5-6-17(23-2)16(11-14)20-18(21)7-8-19-15-10-12-3-4-13(15)9-12/h5-6,11-13,15,19H,3-4,7-10H2,1-2H3,(H,20,21)/t12-,13+,15+/m0/s1. The maximum atomic E-state index is 12.2. The quantitative estimate of drug-likeness (QED) is 0.811. The molecule has 0 spiro atoms. The van der Waals surface area contributed by atoms with Crippen molar-refractivity contribution >= 4 is 11.6 Å². The molecule has 2 aliphatic rings. The maximum Gasteiger partial charge on any atom is 0.225 e. The van der Waals surface area contributed by atoms with Crippen LogP contribution in [0.25, 0.3) is 0 Å². The Morgan fingerprint density at radius 3 is 2.74 bits per heavy atom. The van der Waals surface area contributed by atoms with E-state index in [0.29, 0.717) is 29.6 Å². The van der Waals surface area contributed by atoms with Gasteiger partial charge in [0.25, 0.3) is 0 Å². The molecule has 3 rings (SSSR count). The molecule has 0 unspecified atom stereocenters. The molecule has 0 aromatic heterocycles. The lowest BCUT2D eigenvalue weighted by Crippen LogP contribution is -2.35. The molecule has 0 saturated heterocycles. The number of ether oxygens (including phenoxy) is 2. The molecule has 1 amide bonds. The predicted molar refractivity (Wildman–Crippen MR) is 90.0 cm³/mol. The van der Waals surface area contributed by atoms with Crippen LogP contribution in [0.2, 0.25) is 0 Å². The molecule has 1 aromatic rings. The smallest absolute Gasteiger partial charge is 0.225 e. The Bertz CT molecular complexity index is 561. The summed E-state index contributed by atoms with van der Waals surface area (Å²) < 4.78 is 10.5. The van der Waals surface area contributed by atoms with Gasteiger partial charge in [-0.3, -0.25) is 4.79 Å². The molecule has 2 saturated carbocycles. The van der Waals surface area contributed by atoms with Crippen molar-refractivity contribution in [1.29, 1.82) is 0 Å². The minimum atomic E-state index is -0.00721. The van der Waals surface area contributed by atoms with Gasteiger partial charge in [-0.25, -0.2) is 0 Å². The molecular weight excluding hydrogens is 292 g/mol. The molecule has 5 nitrogen and oxygen atoms in total. The van der Waals surface area contributed by atoms with E-state index in [4.69, 9.17) is 9.47 Å². The molecular formula is C18H26N2O3. The number of carbonyl (C=O) groups excluding carboxylic acids is 1. The van der Waals surface area contributed by atoms with Gasteiger partial charge in [0.2, 0.25) is 5.91 Å². The number of carbonyl (C=O) groups is 1. The first-order valence-corrected chi connectivity index (χ1v) is 8.45. The van der Waals surface area contributed by atoms with Gasteiger partial charge in [0.15, 0.2) is 0 Å². The van der Waals surface area contributed by atoms with E-state index in [-0.39, 0.29) is 5.91 Å². The fourth-order valence-electron chi connectivity index (χ4n) is 3.99. The number of amides is 1. The first-order valence-electron chi connectivity index (χ1n) is 8.45. The molecule has 0 aliphatic heterocycles. The van der Waals surface area contributed by atoms with Crippen LogP contribution in [0.5, 0.6) is 11.5 Å². The highest BCUT2D eigenvalue weighted by molar-refractivity contribution is 5.92. The second kappa shape index (κ2) is 7.21. The third-order valence-corrected chi connectivity index (χ3v) is 5.18. The van der Waals surface area contributed by atoms with Crippen molar-refractivity contribution in [2.24, 2.45) is 11.8 Å². The van der Waals surface area contributed by atoms with Crippen LogP contribution < -0.4 is 20.1 Å². The third-order valence-electron chi connectivity index (χ3n) is 5.18. The summed E-state index contributed by atoms with van der Waals surface area (Å²) >= 11 is 0. The van der Waals surface area contributed by atoms with Gasteiger partial charge in [-0.2, -0.15) is 0 Å². The van der Waals surface area contributed by atoms with Crippen LogP contribution in [0.3, 0.4) is 0 Å². The lowest BCUT2D eigenvalue weighted by molar-refractivity contribution is -0.116. The Balaban J connectivity index is 1.47. The summed E-state index contributed by atoms with van der Waals surface area (Å²) in [6.45, 7) is 0.728. The number of nitrogens with one attached hydrogen (secondary N) is 2. The summed E-state index contributed by atoms with van der Waals surface area (Å²) in [5.74, 6) is 3.09. The number of fused-ring (bicyclic) bond motifs is 2. The molecule has 5 heteroatoms. The Morgan fingerprint density at radius 1 is 1.22 bits per heavy atom. The fourth-order valence-corrected chi connectivity index (χ4v) is 3.99. The van der Waals surface area contributed by atoms with Crippen LogP contribution in [0, 0.1) is 11.8 Å². The van der Waals surface area contributed by atoms with Crippen molar-refractivity contribution in [1.82, 2.24) is 5.32 Å². The monoisotopic (exact) mass is 318 g/mol. The van der Waals surface area contributed by atoms with E-state index < -0.39 is 0 Å². The van der Waals surface area contributed by atoms with Gasteiger partial charge in [-0.1, -0.05) is 6.42 Å². The van der Waals surface area contributed by atoms with Crippen molar-refractivity contribution < 1.29 is 14.3 Å². The molecule has 126 valence electrons. The van der Waals surface area contributed by atoms with Crippen LogP contribution in [0.1, 0.15) is 32.1 Å². The van der Waals surface area contributed by atoms with E-state index in [1.807, 2.05) is 6.07 Å². The van der Waals surface area contributed by atoms with E-state index in [0.717, 1.165) is 18.4 Å². The van der Waals surface area contributed by atoms with E-state index in [1.54, 1.807) is 26.4 Å². The summed E-state index contributed by atoms with van der Waals surface area (Å²) in [6.07, 6.45) is 5.89. The highest BCUT2D eigenvalue weighted by Crippen LogP contribution is 2.44. The second-order valence-electron chi connectivity index (χ2n) is 6.60. The van der Waals surface area contributed by atoms with Crippen LogP contribution in [0.15, 0.2) is 18.2 Å². The molecule has 0 heterocycles. The fraction of sp³-hybridized carbons (Fsp3) is 0.611. The van der Waals surface area contributed by atoms with Crippen molar-refractivity contribution in [2.75, 3.05) is 26.1 Å². The maximum absolute atomic E-state index is 12.2. The topological polar surface area (TPSA) is 59.6 Å². The Kier molecular flexibility index (Phi) is 5.06. The van der Waals surface area contributed by atoms with Crippen molar-refractivity contribution in [3.05, 3.63) is 18.2 Å². The Morgan fingerprint density at radius 2 is 2.09 bits per heavy atom. The van der Waals surface area contributed by atoms with Gasteiger partial charge >= 0.3 is 0 Å². The van der Waals surface area contributed by atoms with Crippen molar-refractivity contribution in [3.8, 4) is 11.5 Å². The SMILES string of the molecule is COc1ccc(OC)c(NC(=O)CCN[C@@H]2C[C@H]3CC[C@@H]2C3)c1. The highest BCUT2D eigenvalue weighted by Gasteiger charge is 2.38. The summed E-state index contributed by atoms with van der Waals surface area (Å²) in [6, 6.07) is 6.00. The lowest BCUT2D eigenvalue weighted by Gasteiger charge is -2.22. The number of rotatable bonds is 7. The minimum Gasteiger partial charge on any atom is -0.497 e.